The van der Waals surface area contributed by atoms with Crippen LogP contribution in [0.4, 0.5) is 0 Å². The molecule has 0 aromatic carbocycles. The van der Waals surface area contributed by atoms with Gasteiger partial charge in [-0.25, -0.2) is 4.99 Å². The summed E-state index contributed by atoms with van der Waals surface area (Å²) in [6.07, 6.45) is 31.4. The van der Waals surface area contributed by atoms with Gasteiger partial charge in [-0.3, -0.25) is 4.48 Å². The van der Waals surface area contributed by atoms with Crippen LogP contribution in [0.25, 0.3) is 0 Å². The third kappa shape index (κ3) is 12.2. The van der Waals surface area contributed by atoms with Gasteiger partial charge >= 0.3 is 0 Å². The van der Waals surface area contributed by atoms with Gasteiger partial charge in [0.1, 0.15) is 6.54 Å². The van der Waals surface area contributed by atoms with Gasteiger partial charge < -0.3 is 5.11 Å². The van der Waals surface area contributed by atoms with Crippen molar-refractivity contribution in [3.05, 3.63) is 12.2 Å². The second-order valence-corrected chi connectivity index (χ2v) is 9.85. The molecule has 3 unspecified atom stereocenters. The van der Waals surface area contributed by atoms with Crippen LogP contribution in [0.5, 0.6) is 0 Å². The Kier molecular flexibility index (Phi) is 17.3. The summed E-state index contributed by atoms with van der Waals surface area (Å²) in [5.74, 6) is 0. The van der Waals surface area contributed by atoms with Crippen molar-refractivity contribution in [1.29, 1.82) is 0 Å². The van der Waals surface area contributed by atoms with Crippen LogP contribution in [0.15, 0.2) is 17.1 Å². The normalized spacial score (nSPS) is 22.0. The molecule has 0 radical (unpaired) electrons. The van der Waals surface area contributed by atoms with Crippen molar-refractivity contribution in [2.24, 2.45) is 4.99 Å². The summed E-state index contributed by atoms with van der Waals surface area (Å²) in [6.45, 7) is 8.10. The predicted octanol–water partition coefficient (Wildman–Crippen LogP) is 8.17. The third-order valence-electron chi connectivity index (χ3n) is 7.44. The Hall–Kier alpha value is -0.670. The Bertz CT molecular complexity index is 460. The number of quaternary nitrogens is 1. The van der Waals surface area contributed by atoms with Gasteiger partial charge in [0, 0.05) is 13.3 Å². The molecular formula is C28H55N2O+. The van der Waals surface area contributed by atoms with Crippen LogP contribution >= 0.6 is 0 Å². The fraction of sp³-hybridized carbons (Fsp3) is 0.893. The van der Waals surface area contributed by atoms with E-state index in [4.69, 9.17) is 0 Å². The number of nitrogens with zero attached hydrogens (tertiary/aromatic N) is 2. The van der Waals surface area contributed by atoms with Crippen LogP contribution in [0.1, 0.15) is 136 Å². The minimum absolute atomic E-state index is 0.285. The van der Waals surface area contributed by atoms with Crippen LogP contribution in [0.3, 0.4) is 0 Å². The van der Waals surface area contributed by atoms with E-state index >= 15 is 0 Å². The average Bonchev–Trinajstić information content (AvgIpc) is 3.19. The Balaban J connectivity index is 1.82. The maximum atomic E-state index is 10.2. The minimum Gasteiger partial charge on any atom is -0.345 e. The maximum absolute atomic E-state index is 10.2. The number of hydrogen-bond donors (Lipinski definition) is 1. The molecule has 0 spiro atoms. The summed E-state index contributed by atoms with van der Waals surface area (Å²) < 4.78 is 0.747. The van der Waals surface area contributed by atoms with Crippen molar-refractivity contribution in [1.82, 2.24) is 0 Å². The number of unbranched alkanes of at least 4 members (excludes halogenated alkanes) is 16. The first-order chi connectivity index (χ1) is 15.2. The van der Waals surface area contributed by atoms with E-state index in [1.807, 2.05) is 13.1 Å². The molecule has 0 aliphatic carbocycles. The molecule has 0 bridgehead atoms. The Morgan fingerprint density at radius 3 is 1.71 bits per heavy atom. The molecule has 182 valence electrons. The lowest BCUT2D eigenvalue weighted by atomic mass is 10.0. The fourth-order valence-corrected chi connectivity index (χ4v) is 5.14. The molecule has 1 heterocycles. The molecule has 3 heteroatoms. The van der Waals surface area contributed by atoms with Gasteiger partial charge in [0.2, 0.25) is 0 Å². The minimum atomic E-state index is -0.310. The zero-order chi connectivity index (χ0) is 22.6. The van der Waals surface area contributed by atoms with Gasteiger partial charge in [-0.15, -0.1) is 0 Å². The van der Waals surface area contributed by atoms with E-state index in [9.17, 15) is 5.11 Å². The number of allylic oxidation sites excluding steroid dienone is 2. The largest absolute Gasteiger partial charge is 0.345 e. The molecule has 0 aromatic heterocycles. The van der Waals surface area contributed by atoms with E-state index in [1.165, 1.54) is 109 Å². The van der Waals surface area contributed by atoms with E-state index in [2.05, 4.69) is 31.0 Å². The highest BCUT2D eigenvalue weighted by Gasteiger charge is 2.41. The van der Waals surface area contributed by atoms with Crippen LogP contribution in [-0.4, -0.2) is 41.3 Å². The summed E-state index contributed by atoms with van der Waals surface area (Å²) >= 11 is 0. The molecule has 1 N–H and O–H groups in total. The number of hydrogen-bond acceptors (Lipinski definition) is 2. The molecule has 1 aliphatic heterocycles. The van der Waals surface area contributed by atoms with Gasteiger partial charge in [-0.1, -0.05) is 102 Å². The molecule has 3 atom stereocenters. The summed E-state index contributed by atoms with van der Waals surface area (Å²) in [5.41, 5.74) is 0. The SMILES string of the molecule is C/C=C/CCCCCCCCCCCCCCCCCCC1N=CC[N+]1(CC)C(C)O. The van der Waals surface area contributed by atoms with Crippen LogP contribution in [-0.2, 0) is 0 Å². The van der Waals surface area contributed by atoms with Crippen molar-refractivity contribution in [2.75, 3.05) is 13.1 Å². The van der Waals surface area contributed by atoms with Crippen molar-refractivity contribution >= 4 is 6.21 Å². The van der Waals surface area contributed by atoms with Crippen molar-refractivity contribution < 1.29 is 9.59 Å². The molecule has 3 nitrogen and oxygen atoms in total. The smallest absolute Gasteiger partial charge is 0.189 e. The van der Waals surface area contributed by atoms with Crippen LogP contribution < -0.4 is 0 Å². The molecule has 0 aromatic rings. The van der Waals surface area contributed by atoms with E-state index in [0.29, 0.717) is 0 Å². The Morgan fingerprint density at radius 1 is 0.839 bits per heavy atom. The number of aliphatic imine (C=N–C) groups is 1. The highest BCUT2D eigenvalue weighted by Crippen LogP contribution is 2.27. The van der Waals surface area contributed by atoms with E-state index in [0.717, 1.165) is 24.0 Å². The third-order valence-corrected chi connectivity index (χ3v) is 7.44. The van der Waals surface area contributed by atoms with Gasteiger partial charge in [0.05, 0.1) is 12.8 Å². The highest BCUT2D eigenvalue weighted by molar-refractivity contribution is 5.60. The fourth-order valence-electron chi connectivity index (χ4n) is 5.14. The van der Waals surface area contributed by atoms with Gasteiger partial charge in [-0.05, 0) is 33.1 Å². The van der Waals surface area contributed by atoms with E-state index in [1.54, 1.807) is 0 Å². The first-order valence-electron chi connectivity index (χ1n) is 13.8. The summed E-state index contributed by atoms with van der Waals surface area (Å²) in [4.78, 5) is 4.68. The predicted molar refractivity (Wildman–Crippen MR) is 138 cm³/mol. The summed E-state index contributed by atoms with van der Waals surface area (Å²) in [5, 5.41) is 10.2. The van der Waals surface area contributed by atoms with Gasteiger partial charge in [0.15, 0.2) is 12.4 Å². The monoisotopic (exact) mass is 435 g/mol. The lowest BCUT2D eigenvalue weighted by Crippen LogP contribution is -2.57. The van der Waals surface area contributed by atoms with Crippen molar-refractivity contribution in [3.8, 4) is 0 Å². The maximum Gasteiger partial charge on any atom is 0.189 e. The molecule has 0 fully saturated rings. The van der Waals surface area contributed by atoms with E-state index in [-0.39, 0.29) is 12.4 Å². The van der Waals surface area contributed by atoms with Gasteiger partial charge in [-0.2, -0.15) is 0 Å². The zero-order valence-corrected chi connectivity index (χ0v) is 21.4. The number of rotatable bonds is 21. The summed E-state index contributed by atoms with van der Waals surface area (Å²) in [6, 6.07) is 0. The lowest BCUT2D eigenvalue weighted by molar-refractivity contribution is -0.976. The van der Waals surface area contributed by atoms with E-state index < -0.39 is 0 Å². The number of aliphatic hydroxyl groups excluding tert-OH is 1. The second-order valence-electron chi connectivity index (χ2n) is 9.85. The topological polar surface area (TPSA) is 32.6 Å². The first-order valence-corrected chi connectivity index (χ1v) is 13.8. The molecule has 0 saturated heterocycles. The molecule has 1 rings (SSSR count). The lowest BCUT2D eigenvalue weighted by Gasteiger charge is -2.40. The molecule has 31 heavy (non-hydrogen) atoms. The van der Waals surface area contributed by atoms with Crippen LogP contribution in [0.2, 0.25) is 0 Å². The van der Waals surface area contributed by atoms with Crippen LogP contribution in [0, 0.1) is 0 Å². The molecule has 1 aliphatic rings. The first kappa shape index (κ1) is 28.4. The standard InChI is InChI=1S/C28H55N2O/c1-4-6-7-8-9-10-11-12-13-14-15-16-17-18-19-20-21-22-23-24-28-29-25-26-30(28,5-2)27(3)31/h4,6,25,27-28,31H,5,7-24,26H2,1-3H3/q+1/b6-4+. The molecular weight excluding hydrogens is 380 g/mol. The second kappa shape index (κ2) is 18.9. The quantitative estimate of drug-likeness (QED) is 0.110. The Labute approximate surface area is 195 Å². The van der Waals surface area contributed by atoms with Crippen molar-refractivity contribution in [2.45, 2.75) is 149 Å². The summed E-state index contributed by atoms with van der Waals surface area (Å²) in [7, 11) is 0. The molecule has 0 amide bonds. The van der Waals surface area contributed by atoms with Crippen molar-refractivity contribution in [3.63, 3.8) is 0 Å². The van der Waals surface area contributed by atoms with Gasteiger partial charge in [0.25, 0.3) is 0 Å². The molecule has 0 saturated carbocycles. The Morgan fingerprint density at radius 2 is 1.29 bits per heavy atom. The highest BCUT2D eigenvalue weighted by atomic mass is 16.3. The number of aliphatic hydroxyl groups is 1. The average molecular weight is 436 g/mol. The zero-order valence-electron chi connectivity index (χ0n) is 21.4.